The maximum atomic E-state index is 13.3. The molecule has 0 saturated carbocycles. The Labute approximate surface area is 184 Å². The lowest BCUT2D eigenvalue weighted by Gasteiger charge is -2.27. The molecule has 1 amide bonds. The SMILES string of the molecule is N#Cc1ccc(C(=O)N(CCCN2CCOCC2)c2nc3c(Cl)cccc3s2)cc1. The quantitative estimate of drug-likeness (QED) is 0.574. The van der Waals surface area contributed by atoms with Crippen LogP contribution in [0.5, 0.6) is 0 Å². The number of fused-ring (bicyclic) bond motifs is 1. The Morgan fingerprint density at radius 1 is 1.23 bits per heavy atom. The maximum Gasteiger partial charge on any atom is 0.260 e. The Balaban J connectivity index is 1.58. The molecule has 1 aliphatic rings. The Bertz CT molecular complexity index is 1070. The number of nitriles is 1. The van der Waals surface area contributed by atoms with E-state index in [1.807, 2.05) is 12.1 Å². The van der Waals surface area contributed by atoms with E-state index in [4.69, 9.17) is 21.6 Å². The highest BCUT2D eigenvalue weighted by molar-refractivity contribution is 7.22. The van der Waals surface area contributed by atoms with E-state index >= 15 is 0 Å². The number of carbonyl (C=O) groups is 1. The van der Waals surface area contributed by atoms with Gasteiger partial charge in [-0.3, -0.25) is 14.6 Å². The summed E-state index contributed by atoms with van der Waals surface area (Å²) >= 11 is 7.76. The molecule has 1 aromatic heterocycles. The van der Waals surface area contributed by atoms with Crippen LogP contribution in [0.3, 0.4) is 0 Å². The van der Waals surface area contributed by atoms with Gasteiger partial charge in [-0.15, -0.1) is 0 Å². The van der Waals surface area contributed by atoms with Crippen molar-refractivity contribution in [2.75, 3.05) is 44.3 Å². The number of ether oxygens (including phenoxy) is 1. The van der Waals surface area contributed by atoms with Crippen molar-refractivity contribution in [3.8, 4) is 6.07 Å². The lowest BCUT2D eigenvalue weighted by atomic mass is 10.1. The van der Waals surface area contributed by atoms with Crippen molar-refractivity contribution in [3.05, 3.63) is 58.6 Å². The molecule has 0 N–H and O–H groups in total. The number of rotatable bonds is 6. The second-order valence-electron chi connectivity index (χ2n) is 7.04. The van der Waals surface area contributed by atoms with E-state index < -0.39 is 0 Å². The Morgan fingerprint density at radius 2 is 2.00 bits per heavy atom. The van der Waals surface area contributed by atoms with Gasteiger partial charge in [0.2, 0.25) is 0 Å². The minimum atomic E-state index is -0.128. The summed E-state index contributed by atoms with van der Waals surface area (Å²) in [6.07, 6.45) is 0.825. The number of halogens is 1. The third-order valence-electron chi connectivity index (χ3n) is 5.06. The Kier molecular flexibility index (Phi) is 6.60. The number of thiazole rings is 1. The van der Waals surface area contributed by atoms with Crippen LogP contribution in [0.15, 0.2) is 42.5 Å². The van der Waals surface area contributed by atoms with Crippen LogP contribution < -0.4 is 4.90 Å². The second-order valence-corrected chi connectivity index (χ2v) is 8.45. The predicted octanol–water partition coefficient (Wildman–Crippen LogP) is 4.19. The van der Waals surface area contributed by atoms with Crippen molar-refractivity contribution in [1.29, 1.82) is 5.26 Å². The highest BCUT2D eigenvalue weighted by atomic mass is 35.5. The Hall–Kier alpha value is -2.50. The minimum Gasteiger partial charge on any atom is -0.379 e. The fraction of sp³-hybridized carbons (Fsp3) is 0.318. The number of aromatic nitrogens is 1. The molecular formula is C22H21ClN4O2S. The minimum absolute atomic E-state index is 0.128. The number of morpholine rings is 1. The smallest absolute Gasteiger partial charge is 0.260 e. The molecule has 30 heavy (non-hydrogen) atoms. The zero-order valence-electron chi connectivity index (χ0n) is 16.4. The molecule has 2 aromatic carbocycles. The van der Waals surface area contributed by atoms with E-state index in [9.17, 15) is 4.79 Å². The van der Waals surface area contributed by atoms with E-state index in [2.05, 4.69) is 16.0 Å². The number of nitrogens with zero attached hydrogens (tertiary/aromatic N) is 4. The molecule has 0 radical (unpaired) electrons. The van der Waals surface area contributed by atoms with Gasteiger partial charge in [-0.2, -0.15) is 5.26 Å². The van der Waals surface area contributed by atoms with Crippen molar-refractivity contribution in [3.63, 3.8) is 0 Å². The standard InChI is InChI=1S/C22H21ClN4O2S/c23-18-3-1-4-19-20(18)25-22(30-19)27(10-2-9-26-11-13-29-14-12-26)21(28)17-7-5-16(15-24)6-8-17/h1,3-8H,2,9-14H2. The molecule has 3 aromatic rings. The van der Waals surface area contributed by atoms with Gasteiger partial charge in [0.15, 0.2) is 5.13 Å². The molecule has 4 rings (SSSR count). The summed E-state index contributed by atoms with van der Waals surface area (Å²) in [6.45, 7) is 4.79. The molecule has 0 atom stereocenters. The summed E-state index contributed by atoms with van der Waals surface area (Å²) in [7, 11) is 0. The molecule has 0 bridgehead atoms. The molecule has 0 aliphatic carbocycles. The topological polar surface area (TPSA) is 69.5 Å². The zero-order valence-corrected chi connectivity index (χ0v) is 18.0. The summed E-state index contributed by atoms with van der Waals surface area (Å²) in [5.41, 5.74) is 1.77. The van der Waals surface area contributed by atoms with Crippen LogP contribution in [0.2, 0.25) is 5.02 Å². The molecule has 8 heteroatoms. The monoisotopic (exact) mass is 440 g/mol. The Morgan fingerprint density at radius 3 is 2.70 bits per heavy atom. The second kappa shape index (κ2) is 9.54. The van der Waals surface area contributed by atoms with E-state index in [0.29, 0.717) is 33.3 Å². The van der Waals surface area contributed by atoms with Crippen LogP contribution in [0.25, 0.3) is 10.2 Å². The first-order chi connectivity index (χ1) is 14.7. The number of benzene rings is 2. The third-order valence-corrected chi connectivity index (χ3v) is 6.40. The molecule has 2 heterocycles. The van der Waals surface area contributed by atoms with Gasteiger partial charge in [0.25, 0.3) is 5.91 Å². The van der Waals surface area contributed by atoms with Crippen molar-refractivity contribution in [2.45, 2.75) is 6.42 Å². The van der Waals surface area contributed by atoms with Crippen molar-refractivity contribution in [2.24, 2.45) is 0 Å². The predicted molar refractivity (Wildman–Crippen MR) is 119 cm³/mol. The van der Waals surface area contributed by atoms with Gasteiger partial charge >= 0.3 is 0 Å². The lowest BCUT2D eigenvalue weighted by molar-refractivity contribution is 0.0376. The highest BCUT2D eigenvalue weighted by Gasteiger charge is 2.22. The van der Waals surface area contributed by atoms with Gasteiger partial charge in [-0.05, 0) is 42.8 Å². The molecule has 1 saturated heterocycles. The number of amides is 1. The summed E-state index contributed by atoms with van der Waals surface area (Å²) in [5, 5.41) is 10.2. The highest BCUT2D eigenvalue weighted by Crippen LogP contribution is 2.33. The van der Waals surface area contributed by atoms with Gasteiger partial charge in [0.1, 0.15) is 5.52 Å². The fourth-order valence-electron chi connectivity index (χ4n) is 3.42. The summed E-state index contributed by atoms with van der Waals surface area (Å²) < 4.78 is 6.35. The zero-order chi connectivity index (χ0) is 20.9. The van der Waals surface area contributed by atoms with Crippen LogP contribution in [0.4, 0.5) is 5.13 Å². The first-order valence-corrected chi connectivity index (χ1v) is 11.0. The molecule has 154 valence electrons. The lowest BCUT2D eigenvalue weighted by Crippen LogP contribution is -2.39. The van der Waals surface area contributed by atoms with Gasteiger partial charge < -0.3 is 4.74 Å². The number of para-hydroxylation sites is 1. The van der Waals surface area contributed by atoms with Crippen LogP contribution in [-0.4, -0.2) is 55.2 Å². The van der Waals surface area contributed by atoms with Crippen LogP contribution in [-0.2, 0) is 4.74 Å². The van der Waals surface area contributed by atoms with Gasteiger partial charge in [0.05, 0.1) is 34.6 Å². The van der Waals surface area contributed by atoms with Gasteiger partial charge in [0, 0.05) is 31.7 Å². The van der Waals surface area contributed by atoms with Crippen molar-refractivity contribution >= 4 is 44.2 Å². The van der Waals surface area contributed by atoms with E-state index in [-0.39, 0.29) is 5.91 Å². The molecule has 1 fully saturated rings. The van der Waals surface area contributed by atoms with Crippen LogP contribution >= 0.6 is 22.9 Å². The van der Waals surface area contributed by atoms with E-state index in [1.54, 1.807) is 35.2 Å². The normalized spacial score (nSPS) is 14.5. The molecule has 0 unspecified atom stereocenters. The van der Waals surface area contributed by atoms with Crippen molar-refractivity contribution < 1.29 is 9.53 Å². The maximum absolute atomic E-state index is 13.3. The number of hydrogen-bond donors (Lipinski definition) is 0. The van der Waals surface area contributed by atoms with Crippen LogP contribution in [0, 0.1) is 11.3 Å². The average Bonchev–Trinajstić information content (AvgIpc) is 3.22. The first kappa shape index (κ1) is 20.8. The number of carbonyl (C=O) groups excluding carboxylic acids is 1. The summed E-state index contributed by atoms with van der Waals surface area (Å²) in [4.78, 5) is 22.1. The van der Waals surface area contributed by atoms with Gasteiger partial charge in [-0.25, -0.2) is 4.98 Å². The van der Waals surface area contributed by atoms with Crippen LogP contribution in [0.1, 0.15) is 22.3 Å². The summed E-state index contributed by atoms with van der Waals surface area (Å²) in [6, 6.07) is 14.4. The average molecular weight is 441 g/mol. The summed E-state index contributed by atoms with van der Waals surface area (Å²) in [5.74, 6) is -0.128. The van der Waals surface area contributed by atoms with Gasteiger partial charge in [-0.1, -0.05) is 29.0 Å². The molecule has 6 nitrogen and oxygen atoms in total. The fourth-order valence-corrected chi connectivity index (χ4v) is 4.71. The van der Waals surface area contributed by atoms with Crippen molar-refractivity contribution in [1.82, 2.24) is 9.88 Å². The molecule has 0 spiro atoms. The third kappa shape index (κ3) is 4.63. The number of anilines is 1. The number of hydrogen-bond acceptors (Lipinski definition) is 6. The largest absolute Gasteiger partial charge is 0.379 e. The van der Waals surface area contributed by atoms with E-state index in [1.165, 1.54) is 11.3 Å². The molecule has 1 aliphatic heterocycles. The van der Waals surface area contributed by atoms with E-state index in [0.717, 1.165) is 44.0 Å². The molecular weight excluding hydrogens is 420 g/mol. The first-order valence-electron chi connectivity index (χ1n) is 9.83.